The summed E-state index contributed by atoms with van der Waals surface area (Å²) in [6, 6.07) is 0. The number of hydrogen-bond donors (Lipinski definition) is 0. The molecule has 14 heavy (non-hydrogen) atoms. The molecule has 0 N–H and O–H groups in total. The molecule has 82 valence electrons. The molecule has 1 heterocycles. The maximum Gasteiger partial charge on any atom is 0.336 e. The molecule has 0 aliphatic carbocycles. The summed E-state index contributed by atoms with van der Waals surface area (Å²) in [5.74, 6) is 0.241. The van der Waals surface area contributed by atoms with E-state index in [0.29, 0.717) is 5.76 Å². The van der Waals surface area contributed by atoms with E-state index in [2.05, 4.69) is 48.4 Å². The predicted octanol–water partition coefficient (Wildman–Crippen LogP) is 4.17. The van der Waals surface area contributed by atoms with Crippen LogP contribution in [-0.2, 0) is 9.53 Å². The van der Waals surface area contributed by atoms with Crippen LogP contribution in [0.15, 0.2) is 22.9 Å². The molecule has 0 unspecified atom stereocenters. The summed E-state index contributed by atoms with van der Waals surface area (Å²) in [6.07, 6.45) is 5.46. The number of allylic oxidation sites excluding steroid dienone is 1. The molecule has 0 saturated carbocycles. The molecule has 0 radical (unpaired) electrons. The molecule has 1 rings (SSSR count). The molecule has 0 amide bonds. The summed E-state index contributed by atoms with van der Waals surface area (Å²) < 4.78 is 4.57. The zero-order valence-corrected chi connectivity index (χ0v) is 10.9. The van der Waals surface area contributed by atoms with E-state index >= 15 is 0 Å². The monoisotopic (exact) mass is 262 g/mol. The Bertz CT molecular complexity index is 193. The van der Waals surface area contributed by atoms with Crippen molar-refractivity contribution < 1.29 is 9.53 Å². The number of carbonyl (C=O) groups excluding carboxylic acids is 1. The second-order valence-corrected chi connectivity index (χ2v) is 3.14. The van der Waals surface area contributed by atoms with Crippen molar-refractivity contribution in [3.05, 3.63) is 22.9 Å². The van der Waals surface area contributed by atoms with Crippen LogP contribution < -0.4 is 0 Å². The lowest BCUT2D eigenvalue weighted by atomic mass is 10.5. The standard InChI is InChI=1S/C5H3BrO2.2C3H8/c6-3-4-1-2-5(7)8-4;2*1-3-2/h1-3H;2*3H2,1-2H3/b4-3-;;. The number of esters is 1. The molecule has 1 aliphatic heterocycles. The van der Waals surface area contributed by atoms with Gasteiger partial charge in [0.15, 0.2) is 0 Å². The van der Waals surface area contributed by atoms with Crippen LogP contribution in [0, 0.1) is 0 Å². The van der Waals surface area contributed by atoms with Gasteiger partial charge in [-0.3, -0.25) is 0 Å². The summed E-state index contributed by atoms with van der Waals surface area (Å²) in [5.41, 5.74) is 0. The highest BCUT2D eigenvalue weighted by molar-refractivity contribution is 9.11. The fraction of sp³-hybridized carbons (Fsp3) is 0.545. The lowest BCUT2D eigenvalue weighted by Gasteiger charge is -1.88. The second kappa shape index (κ2) is 12.4. The number of ether oxygens (including phenoxy) is 1. The van der Waals surface area contributed by atoms with Gasteiger partial charge < -0.3 is 4.74 Å². The summed E-state index contributed by atoms with van der Waals surface area (Å²) in [7, 11) is 0. The van der Waals surface area contributed by atoms with Crippen molar-refractivity contribution in [1.82, 2.24) is 0 Å². The Hall–Kier alpha value is -0.570. The number of rotatable bonds is 0. The van der Waals surface area contributed by atoms with E-state index in [1.807, 2.05) is 0 Å². The fourth-order valence-corrected chi connectivity index (χ4v) is 0.639. The molecule has 0 fully saturated rings. The molecule has 1 aliphatic rings. The van der Waals surface area contributed by atoms with Gasteiger partial charge in [-0.1, -0.05) is 56.5 Å². The number of cyclic esters (lactones) is 1. The average Bonchev–Trinajstić information content (AvgIpc) is 2.54. The van der Waals surface area contributed by atoms with E-state index in [4.69, 9.17) is 0 Å². The van der Waals surface area contributed by atoms with Crippen molar-refractivity contribution in [2.24, 2.45) is 0 Å². The Balaban J connectivity index is 0. The first kappa shape index (κ1) is 15.9. The molecule has 3 heteroatoms. The van der Waals surface area contributed by atoms with E-state index in [9.17, 15) is 4.79 Å². The zero-order chi connectivity index (χ0) is 11.4. The zero-order valence-electron chi connectivity index (χ0n) is 9.34. The molecule has 0 spiro atoms. The van der Waals surface area contributed by atoms with Gasteiger partial charge in [0.05, 0.1) is 0 Å². The third-order valence-electron chi connectivity index (χ3n) is 0.710. The Morgan fingerprint density at radius 2 is 1.64 bits per heavy atom. The molecular weight excluding hydrogens is 244 g/mol. The van der Waals surface area contributed by atoms with Crippen LogP contribution in [0.1, 0.15) is 40.5 Å². The van der Waals surface area contributed by atoms with E-state index in [1.54, 1.807) is 11.1 Å². The van der Waals surface area contributed by atoms with Crippen LogP contribution in [0.3, 0.4) is 0 Å². The lowest BCUT2D eigenvalue weighted by Crippen LogP contribution is -1.88. The van der Waals surface area contributed by atoms with Crippen molar-refractivity contribution in [3.8, 4) is 0 Å². The molecule has 0 aromatic carbocycles. The van der Waals surface area contributed by atoms with Crippen LogP contribution >= 0.6 is 15.9 Å². The van der Waals surface area contributed by atoms with Crippen LogP contribution in [0.5, 0.6) is 0 Å². The SMILES string of the molecule is CCC.CCC.O=C1C=C/C(=C/Br)O1. The molecule has 0 aromatic heterocycles. The largest absolute Gasteiger partial charge is 0.423 e. The van der Waals surface area contributed by atoms with E-state index < -0.39 is 0 Å². The average molecular weight is 263 g/mol. The smallest absolute Gasteiger partial charge is 0.336 e. The van der Waals surface area contributed by atoms with Crippen LogP contribution in [0.2, 0.25) is 0 Å². The van der Waals surface area contributed by atoms with Crippen molar-refractivity contribution in [3.63, 3.8) is 0 Å². The van der Waals surface area contributed by atoms with Crippen LogP contribution in [0.4, 0.5) is 0 Å². The number of carbonyl (C=O) groups is 1. The number of hydrogen-bond acceptors (Lipinski definition) is 2. The van der Waals surface area contributed by atoms with Gasteiger partial charge in [-0.05, 0) is 6.08 Å². The minimum atomic E-state index is -0.310. The van der Waals surface area contributed by atoms with Crippen molar-refractivity contribution in [2.45, 2.75) is 40.5 Å². The third kappa shape index (κ3) is 11.4. The van der Waals surface area contributed by atoms with E-state index in [1.165, 1.54) is 18.9 Å². The van der Waals surface area contributed by atoms with Crippen LogP contribution in [-0.4, -0.2) is 5.97 Å². The van der Waals surface area contributed by atoms with Gasteiger partial charge in [-0.25, -0.2) is 4.79 Å². The summed E-state index contributed by atoms with van der Waals surface area (Å²) in [5, 5.41) is 0. The highest BCUT2D eigenvalue weighted by Crippen LogP contribution is 2.09. The minimum Gasteiger partial charge on any atom is -0.423 e. The Morgan fingerprint density at radius 1 is 1.21 bits per heavy atom. The molecule has 0 saturated heterocycles. The second-order valence-electron chi connectivity index (χ2n) is 2.68. The van der Waals surface area contributed by atoms with Gasteiger partial charge in [0, 0.05) is 11.1 Å². The fourth-order valence-electron chi connectivity index (χ4n) is 0.393. The van der Waals surface area contributed by atoms with Crippen molar-refractivity contribution in [1.29, 1.82) is 0 Å². The van der Waals surface area contributed by atoms with Crippen LogP contribution in [0.25, 0.3) is 0 Å². The van der Waals surface area contributed by atoms with Gasteiger partial charge in [0.25, 0.3) is 0 Å². The van der Waals surface area contributed by atoms with Gasteiger partial charge in [-0.15, -0.1) is 0 Å². The highest BCUT2D eigenvalue weighted by Gasteiger charge is 2.06. The highest BCUT2D eigenvalue weighted by atomic mass is 79.9. The molecular formula is C11H19BrO2. The summed E-state index contributed by atoms with van der Waals surface area (Å²) >= 11 is 3.01. The molecule has 2 nitrogen and oxygen atoms in total. The topological polar surface area (TPSA) is 26.3 Å². The molecule has 0 bridgehead atoms. The quantitative estimate of drug-likeness (QED) is 0.613. The number of halogens is 1. The maximum absolute atomic E-state index is 10.2. The molecule has 0 aromatic rings. The van der Waals surface area contributed by atoms with Gasteiger partial charge in [0.1, 0.15) is 5.76 Å². The first-order valence-electron chi connectivity index (χ1n) is 4.86. The summed E-state index contributed by atoms with van der Waals surface area (Å²) in [4.78, 5) is 11.8. The van der Waals surface area contributed by atoms with Gasteiger partial charge in [-0.2, -0.15) is 0 Å². The Morgan fingerprint density at radius 3 is 1.79 bits per heavy atom. The van der Waals surface area contributed by atoms with Crippen molar-refractivity contribution in [2.75, 3.05) is 0 Å². The van der Waals surface area contributed by atoms with E-state index in [0.717, 1.165) is 0 Å². The predicted molar refractivity (Wildman–Crippen MR) is 64.2 cm³/mol. The lowest BCUT2D eigenvalue weighted by molar-refractivity contribution is -0.132. The van der Waals surface area contributed by atoms with E-state index in [-0.39, 0.29) is 5.97 Å². The third-order valence-corrected chi connectivity index (χ3v) is 1.16. The summed E-state index contributed by atoms with van der Waals surface area (Å²) in [6.45, 7) is 8.50. The minimum absolute atomic E-state index is 0.310. The first-order valence-corrected chi connectivity index (χ1v) is 5.77. The van der Waals surface area contributed by atoms with Gasteiger partial charge in [0.2, 0.25) is 0 Å². The van der Waals surface area contributed by atoms with Crippen molar-refractivity contribution >= 4 is 21.9 Å². The Labute approximate surface area is 95.2 Å². The first-order chi connectivity index (χ1) is 6.65. The normalized spacial score (nSPS) is 15.2. The maximum atomic E-state index is 10.2. The molecule has 0 atom stereocenters. The Kier molecular flexibility index (Phi) is 14.1. The van der Waals surface area contributed by atoms with Gasteiger partial charge >= 0.3 is 5.97 Å².